The number of rotatable bonds is 7. The molecule has 0 saturated heterocycles. The second-order valence-electron chi connectivity index (χ2n) is 4.85. The minimum absolute atomic E-state index is 0.138. The van der Waals surface area contributed by atoms with Crippen LogP contribution in [0.3, 0.4) is 0 Å². The number of aliphatic hydroxyl groups excluding tert-OH is 1. The zero-order valence-corrected chi connectivity index (χ0v) is 12.5. The van der Waals surface area contributed by atoms with Crippen molar-refractivity contribution >= 4 is 5.91 Å². The van der Waals surface area contributed by atoms with E-state index in [0.717, 1.165) is 12.0 Å². The fourth-order valence-corrected chi connectivity index (χ4v) is 2.03. The number of ether oxygens (including phenoxy) is 1. The molecule has 0 aliphatic carbocycles. The number of aliphatic hydroxyl groups is 1. The third-order valence-electron chi connectivity index (χ3n) is 3.30. The van der Waals surface area contributed by atoms with Crippen LogP contribution in [0.1, 0.15) is 24.1 Å². The highest BCUT2D eigenvalue weighted by Crippen LogP contribution is 2.14. The smallest absolute Gasteiger partial charge is 0.258 e. The molecule has 2 rings (SSSR count). The van der Waals surface area contributed by atoms with Gasteiger partial charge in [-0.05, 0) is 23.6 Å². The Bertz CT molecular complexity index is 585. The Labute approximate surface area is 130 Å². The Balaban J connectivity index is 1.90. The lowest BCUT2D eigenvalue weighted by Crippen LogP contribution is -2.34. The number of aromatic nitrogens is 1. The van der Waals surface area contributed by atoms with Gasteiger partial charge in [-0.25, -0.2) is 4.98 Å². The standard InChI is InChI=1S/C17H20N2O3/c1-2-13-6-8-14(9-7-13)15(11-20)19-16(21)12-22-17-5-3-4-10-18-17/h3-10,15,20H,2,11-12H2,1H3,(H,19,21). The lowest BCUT2D eigenvalue weighted by molar-refractivity contribution is -0.124. The molecule has 0 radical (unpaired) electrons. The van der Waals surface area contributed by atoms with Crippen molar-refractivity contribution in [1.29, 1.82) is 0 Å². The Hall–Kier alpha value is -2.40. The molecule has 5 heteroatoms. The summed E-state index contributed by atoms with van der Waals surface area (Å²) < 4.78 is 5.28. The van der Waals surface area contributed by atoms with E-state index in [1.54, 1.807) is 24.4 Å². The third kappa shape index (κ3) is 4.56. The second-order valence-corrected chi connectivity index (χ2v) is 4.85. The van der Waals surface area contributed by atoms with Gasteiger partial charge in [0, 0.05) is 12.3 Å². The van der Waals surface area contributed by atoms with E-state index in [-0.39, 0.29) is 19.1 Å². The van der Waals surface area contributed by atoms with Gasteiger partial charge in [0.05, 0.1) is 12.6 Å². The van der Waals surface area contributed by atoms with Gasteiger partial charge < -0.3 is 15.2 Å². The summed E-state index contributed by atoms with van der Waals surface area (Å²) in [6.45, 7) is 1.77. The van der Waals surface area contributed by atoms with Gasteiger partial charge in [0.1, 0.15) is 0 Å². The van der Waals surface area contributed by atoms with Crippen molar-refractivity contribution in [2.45, 2.75) is 19.4 Å². The maximum absolute atomic E-state index is 11.9. The number of benzene rings is 1. The normalized spacial score (nSPS) is 11.7. The average Bonchev–Trinajstić information content (AvgIpc) is 2.59. The predicted octanol–water partition coefficient (Wildman–Crippen LogP) is 1.87. The highest BCUT2D eigenvalue weighted by Gasteiger charge is 2.14. The van der Waals surface area contributed by atoms with Crippen LogP contribution < -0.4 is 10.1 Å². The van der Waals surface area contributed by atoms with Crippen LogP contribution in [0.25, 0.3) is 0 Å². The molecule has 2 N–H and O–H groups in total. The number of nitrogens with one attached hydrogen (secondary N) is 1. The van der Waals surface area contributed by atoms with Gasteiger partial charge in [0.25, 0.3) is 5.91 Å². The summed E-state index contributed by atoms with van der Waals surface area (Å²) in [5.74, 6) is 0.0924. The zero-order valence-electron chi connectivity index (χ0n) is 12.5. The molecule has 2 aromatic rings. The summed E-state index contributed by atoms with van der Waals surface area (Å²) in [5.41, 5.74) is 2.08. The first-order chi connectivity index (χ1) is 10.7. The van der Waals surface area contributed by atoms with E-state index in [9.17, 15) is 9.90 Å². The van der Waals surface area contributed by atoms with Gasteiger partial charge in [-0.2, -0.15) is 0 Å². The molecule has 22 heavy (non-hydrogen) atoms. The van der Waals surface area contributed by atoms with Crippen LogP contribution in [0.15, 0.2) is 48.7 Å². The molecule has 0 bridgehead atoms. The Morgan fingerprint density at radius 1 is 1.27 bits per heavy atom. The maximum atomic E-state index is 11.9. The SMILES string of the molecule is CCc1ccc(C(CO)NC(=O)COc2ccccn2)cc1. The Kier molecular flexibility index (Phi) is 5.91. The lowest BCUT2D eigenvalue weighted by Gasteiger charge is -2.17. The Morgan fingerprint density at radius 3 is 2.64 bits per heavy atom. The summed E-state index contributed by atoms with van der Waals surface area (Å²) in [7, 11) is 0. The lowest BCUT2D eigenvalue weighted by atomic mass is 10.0. The quantitative estimate of drug-likeness (QED) is 0.819. The topological polar surface area (TPSA) is 71.5 Å². The van der Waals surface area contributed by atoms with Gasteiger partial charge in [-0.1, -0.05) is 37.3 Å². The van der Waals surface area contributed by atoms with Crippen molar-refractivity contribution in [2.24, 2.45) is 0 Å². The van der Waals surface area contributed by atoms with E-state index in [0.29, 0.717) is 5.88 Å². The van der Waals surface area contributed by atoms with Crippen molar-refractivity contribution < 1.29 is 14.6 Å². The van der Waals surface area contributed by atoms with E-state index in [1.165, 1.54) is 5.56 Å². The maximum Gasteiger partial charge on any atom is 0.258 e. The number of pyridine rings is 1. The van der Waals surface area contributed by atoms with Crippen LogP contribution in [0.5, 0.6) is 5.88 Å². The molecular formula is C17H20N2O3. The van der Waals surface area contributed by atoms with Crippen LogP contribution >= 0.6 is 0 Å². The highest BCUT2D eigenvalue weighted by molar-refractivity contribution is 5.78. The molecule has 1 unspecified atom stereocenters. The summed E-state index contributed by atoms with van der Waals surface area (Å²) in [6.07, 6.45) is 2.55. The molecule has 0 fully saturated rings. The van der Waals surface area contributed by atoms with E-state index in [4.69, 9.17) is 4.74 Å². The van der Waals surface area contributed by atoms with Gasteiger partial charge in [-0.15, -0.1) is 0 Å². The molecule has 116 valence electrons. The van der Waals surface area contributed by atoms with E-state index in [2.05, 4.69) is 17.2 Å². The van der Waals surface area contributed by atoms with Crippen molar-refractivity contribution in [3.05, 3.63) is 59.8 Å². The fourth-order valence-electron chi connectivity index (χ4n) is 2.03. The van der Waals surface area contributed by atoms with Gasteiger partial charge in [0.2, 0.25) is 5.88 Å². The molecule has 1 amide bonds. The van der Waals surface area contributed by atoms with Crippen molar-refractivity contribution in [1.82, 2.24) is 10.3 Å². The van der Waals surface area contributed by atoms with Crippen LogP contribution in [0.4, 0.5) is 0 Å². The van der Waals surface area contributed by atoms with Crippen molar-refractivity contribution in [2.75, 3.05) is 13.2 Å². The molecule has 0 aliphatic heterocycles. The number of aryl methyl sites for hydroxylation is 1. The van der Waals surface area contributed by atoms with Crippen LogP contribution in [0, 0.1) is 0 Å². The van der Waals surface area contributed by atoms with E-state index >= 15 is 0 Å². The highest BCUT2D eigenvalue weighted by atomic mass is 16.5. The number of nitrogens with zero attached hydrogens (tertiary/aromatic N) is 1. The van der Waals surface area contributed by atoms with Crippen LogP contribution in [0.2, 0.25) is 0 Å². The van der Waals surface area contributed by atoms with E-state index < -0.39 is 6.04 Å². The summed E-state index contributed by atoms with van der Waals surface area (Å²) in [5, 5.41) is 12.2. The van der Waals surface area contributed by atoms with Crippen LogP contribution in [-0.2, 0) is 11.2 Å². The molecule has 1 aromatic carbocycles. The van der Waals surface area contributed by atoms with Gasteiger partial charge in [-0.3, -0.25) is 4.79 Å². The number of amides is 1. The number of carbonyl (C=O) groups excluding carboxylic acids is 1. The third-order valence-corrected chi connectivity index (χ3v) is 3.30. The number of hydrogen-bond donors (Lipinski definition) is 2. The molecule has 1 heterocycles. The van der Waals surface area contributed by atoms with Crippen molar-refractivity contribution in [3.8, 4) is 5.88 Å². The summed E-state index contributed by atoms with van der Waals surface area (Å²) in [6, 6.07) is 12.6. The van der Waals surface area contributed by atoms with Gasteiger partial charge >= 0.3 is 0 Å². The molecular weight excluding hydrogens is 280 g/mol. The summed E-state index contributed by atoms with van der Waals surface area (Å²) >= 11 is 0. The second kappa shape index (κ2) is 8.14. The predicted molar refractivity (Wildman–Crippen MR) is 83.5 cm³/mol. The first kappa shape index (κ1) is 16.0. The summed E-state index contributed by atoms with van der Waals surface area (Å²) in [4.78, 5) is 15.9. The zero-order chi connectivity index (χ0) is 15.8. The monoisotopic (exact) mass is 300 g/mol. The fraction of sp³-hybridized carbons (Fsp3) is 0.294. The molecule has 1 atom stereocenters. The first-order valence-electron chi connectivity index (χ1n) is 7.25. The molecule has 0 spiro atoms. The molecule has 0 aliphatic rings. The molecule has 1 aromatic heterocycles. The minimum Gasteiger partial charge on any atom is -0.468 e. The largest absolute Gasteiger partial charge is 0.468 e. The first-order valence-corrected chi connectivity index (χ1v) is 7.25. The average molecular weight is 300 g/mol. The number of carbonyl (C=O) groups is 1. The molecule has 0 saturated carbocycles. The van der Waals surface area contributed by atoms with Crippen molar-refractivity contribution in [3.63, 3.8) is 0 Å². The van der Waals surface area contributed by atoms with Gasteiger partial charge in [0.15, 0.2) is 6.61 Å². The Morgan fingerprint density at radius 2 is 2.05 bits per heavy atom. The molecule has 5 nitrogen and oxygen atoms in total. The number of hydrogen-bond acceptors (Lipinski definition) is 4. The minimum atomic E-state index is -0.439. The van der Waals surface area contributed by atoms with Crippen LogP contribution in [-0.4, -0.2) is 29.2 Å². The van der Waals surface area contributed by atoms with E-state index in [1.807, 2.05) is 24.3 Å².